The van der Waals surface area contributed by atoms with E-state index in [2.05, 4.69) is 4.72 Å². The Kier molecular flexibility index (Phi) is 7.13. The Morgan fingerprint density at radius 3 is 2.67 bits per heavy atom. The van der Waals surface area contributed by atoms with Gasteiger partial charge < -0.3 is 10.5 Å². The van der Waals surface area contributed by atoms with Gasteiger partial charge in [-0.15, -0.1) is 0 Å². The lowest BCUT2D eigenvalue weighted by atomic mass is 10.3. The minimum atomic E-state index is -3.40. The molecule has 1 rings (SSSR count). The van der Waals surface area contributed by atoms with Crippen LogP contribution in [-0.4, -0.2) is 43.0 Å². The number of hydrogen-bond acceptors (Lipinski definition) is 5. The normalized spacial score (nSPS) is 14.6. The first-order valence-electron chi connectivity index (χ1n) is 6.58. The van der Waals surface area contributed by atoms with E-state index in [0.717, 1.165) is 0 Å². The molecule has 0 saturated carbocycles. The second-order valence-corrected chi connectivity index (χ2v) is 8.43. The maximum absolute atomic E-state index is 11.8. The monoisotopic (exact) mass is 334 g/mol. The predicted molar refractivity (Wildman–Crippen MR) is 86.3 cm³/mol. The molecule has 0 aromatic heterocycles. The van der Waals surface area contributed by atoms with E-state index < -0.39 is 20.8 Å². The highest BCUT2D eigenvalue weighted by atomic mass is 32.2. The van der Waals surface area contributed by atoms with Crippen molar-refractivity contribution in [3.8, 4) is 5.75 Å². The number of para-hydroxylation sites is 2. The highest BCUT2D eigenvalue weighted by Gasteiger charge is 2.12. The Morgan fingerprint density at radius 2 is 2.05 bits per heavy atom. The number of nitrogen functional groups attached to an aromatic ring is 1. The number of ether oxygens (including phenoxy) is 1. The van der Waals surface area contributed by atoms with E-state index in [1.165, 1.54) is 0 Å². The Balaban J connectivity index is 2.33. The van der Waals surface area contributed by atoms with Crippen LogP contribution in [0.25, 0.3) is 0 Å². The minimum absolute atomic E-state index is 0.0266. The maximum atomic E-state index is 11.8. The summed E-state index contributed by atoms with van der Waals surface area (Å²) in [7, 11) is -4.35. The summed E-state index contributed by atoms with van der Waals surface area (Å²) >= 11 is 0. The smallest absolute Gasteiger partial charge is 0.214 e. The zero-order valence-corrected chi connectivity index (χ0v) is 13.9. The van der Waals surface area contributed by atoms with Gasteiger partial charge in [0.15, 0.2) is 0 Å². The van der Waals surface area contributed by atoms with Crippen LogP contribution in [0, 0.1) is 0 Å². The number of nitrogens with two attached hydrogens (primary N) is 1. The van der Waals surface area contributed by atoms with Crippen LogP contribution in [0.15, 0.2) is 24.3 Å². The lowest BCUT2D eigenvalue weighted by Gasteiger charge is -2.11. The minimum Gasteiger partial charge on any atom is -0.490 e. The highest BCUT2D eigenvalue weighted by Crippen LogP contribution is 2.19. The van der Waals surface area contributed by atoms with Crippen LogP contribution in [0.2, 0.25) is 0 Å². The van der Waals surface area contributed by atoms with Gasteiger partial charge in [0.2, 0.25) is 10.0 Å². The molecule has 0 saturated heterocycles. The van der Waals surface area contributed by atoms with E-state index in [0.29, 0.717) is 17.9 Å². The van der Waals surface area contributed by atoms with Crippen molar-refractivity contribution >= 4 is 26.5 Å². The number of anilines is 1. The third-order valence-corrected chi connectivity index (χ3v) is 5.69. The summed E-state index contributed by atoms with van der Waals surface area (Å²) in [5.74, 6) is 0.327. The summed E-state index contributed by atoms with van der Waals surface area (Å²) in [6, 6.07) is 6.92. The average molecular weight is 334 g/mol. The quantitative estimate of drug-likeness (QED) is 0.649. The molecule has 0 bridgehead atoms. The van der Waals surface area contributed by atoms with E-state index in [1.54, 1.807) is 30.5 Å². The molecule has 0 fully saturated rings. The van der Waals surface area contributed by atoms with Crippen LogP contribution in [0.5, 0.6) is 5.75 Å². The molecule has 0 spiro atoms. The first-order chi connectivity index (χ1) is 9.82. The van der Waals surface area contributed by atoms with E-state index in [-0.39, 0.29) is 24.2 Å². The number of benzene rings is 1. The lowest BCUT2D eigenvalue weighted by molar-refractivity contribution is 0.342. The van der Waals surface area contributed by atoms with Gasteiger partial charge in [0.05, 0.1) is 11.4 Å². The molecule has 8 heteroatoms. The van der Waals surface area contributed by atoms with Gasteiger partial charge in [-0.3, -0.25) is 4.21 Å². The number of nitrogens with one attached hydrogen (secondary N) is 1. The summed E-state index contributed by atoms with van der Waals surface area (Å²) in [4.78, 5) is 0. The first-order valence-corrected chi connectivity index (χ1v) is 9.86. The molecule has 3 N–H and O–H groups in total. The van der Waals surface area contributed by atoms with E-state index in [1.807, 2.05) is 6.92 Å². The molecule has 21 heavy (non-hydrogen) atoms. The first kappa shape index (κ1) is 17.9. The van der Waals surface area contributed by atoms with Gasteiger partial charge in [0.25, 0.3) is 0 Å². The van der Waals surface area contributed by atoms with Crippen molar-refractivity contribution < 1.29 is 17.4 Å². The molecular weight excluding hydrogens is 312 g/mol. The second kappa shape index (κ2) is 8.35. The number of rotatable bonds is 9. The van der Waals surface area contributed by atoms with Crippen LogP contribution in [0.1, 0.15) is 13.3 Å². The van der Waals surface area contributed by atoms with Gasteiger partial charge in [-0.05, 0) is 18.6 Å². The van der Waals surface area contributed by atoms with Gasteiger partial charge >= 0.3 is 0 Å². The fourth-order valence-electron chi connectivity index (χ4n) is 1.53. The molecule has 0 amide bonds. The topological polar surface area (TPSA) is 98.5 Å². The van der Waals surface area contributed by atoms with Gasteiger partial charge in [0, 0.05) is 28.9 Å². The average Bonchev–Trinajstić information content (AvgIpc) is 2.40. The molecule has 2 atom stereocenters. The van der Waals surface area contributed by atoms with Gasteiger partial charge in [-0.1, -0.05) is 19.1 Å². The van der Waals surface area contributed by atoms with E-state index in [4.69, 9.17) is 10.5 Å². The van der Waals surface area contributed by atoms with Crippen molar-refractivity contribution in [2.24, 2.45) is 0 Å². The Bertz CT molecular complexity index is 575. The van der Waals surface area contributed by atoms with Crippen molar-refractivity contribution in [3.05, 3.63) is 24.3 Å². The zero-order chi connectivity index (χ0) is 15.9. The van der Waals surface area contributed by atoms with Crippen LogP contribution >= 0.6 is 0 Å². The maximum Gasteiger partial charge on any atom is 0.214 e. The fraction of sp³-hybridized carbons (Fsp3) is 0.538. The van der Waals surface area contributed by atoms with Crippen LogP contribution in [0.3, 0.4) is 0 Å². The van der Waals surface area contributed by atoms with Gasteiger partial charge in [-0.2, -0.15) is 0 Å². The molecule has 6 nitrogen and oxygen atoms in total. The molecule has 120 valence electrons. The molecule has 0 radical (unpaired) electrons. The van der Waals surface area contributed by atoms with Crippen molar-refractivity contribution in [2.45, 2.75) is 18.6 Å². The number of hydrogen-bond donors (Lipinski definition) is 2. The molecule has 0 aliphatic rings. The van der Waals surface area contributed by atoms with Crippen molar-refractivity contribution in [1.82, 2.24) is 4.72 Å². The Labute approximate surface area is 128 Å². The van der Waals surface area contributed by atoms with Crippen molar-refractivity contribution in [2.75, 3.05) is 30.9 Å². The Hall–Kier alpha value is -1.12. The third-order valence-electron chi connectivity index (χ3n) is 2.97. The van der Waals surface area contributed by atoms with E-state index in [9.17, 15) is 12.6 Å². The molecule has 0 heterocycles. The van der Waals surface area contributed by atoms with E-state index >= 15 is 0 Å². The highest BCUT2D eigenvalue weighted by molar-refractivity contribution is 7.89. The van der Waals surface area contributed by atoms with Crippen LogP contribution in [0.4, 0.5) is 5.69 Å². The molecule has 1 aromatic rings. The van der Waals surface area contributed by atoms with Crippen LogP contribution < -0.4 is 15.2 Å². The predicted octanol–water partition coefficient (Wildman–Crippen LogP) is 0.724. The standard InChI is InChI=1S/C13H22N2O4S2/c1-11(20(2)16)7-8-15-21(17,18)10-9-19-13-6-4-3-5-12(13)14/h3-6,11,15H,7-10,14H2,1-2H3. The van der Waals surface area contributed by atoms with Crippen molar-refractivity contribution in [3.63, 3.8) is 0 Å². The zero-order valence-electron chi connectivity index (χ0n) is 12.2. The molecular formula is C13H22N2O4S2. The summed E-state index contributed by atoms with van der Waals surface area (Å²) in [6.45, 7) is 2.13. The SMILES string of the molecule is CC(CCNS(=O)(=O)CCOc1ccccc1N)S(C)=O. The van der Waals surface area contributed by atoms with Gasteiger partial charge in [0.1, 0.15) is 12.4 Å². The fourth-order valence-corrected chi connectivity index (χ4v) is 2.85. The summed E-state index contributed by atoms with van der Waals surface area (Å²) in [5, 5.41) is -0.0342. The second-order valence-electron chi connectivity index (χ2n) is 4.70. The molecule has 1 aromatic carbocycles. The largest absolute Gasteiger partial charge is 0.490 e. The summed E-state index contributed by atoms with van der Waals surface area (Å²) in [6.07, 6.45) is 2.14. The third kappa shape index (κ3) is 6.92. The van der Waals surface area contributed by atoms with Crippen molar-refractivity contribution in [1.29, 1.82) is 0 Å². The summed E-state index contributed by atoms with van der Waals surface area (Å²) in [5.41, 5.74) is 6.17. The molecule has 0 aliphatic carbocycles. The van der Waals surface area contributed by atoms with Crippen LogP contribution in [-0.2, 0) is 20.8 Å². The molecule has 2 unspecified atom stereocenters. The summed E-state index contributed by atoms with van der Waals surface area (Å²) < 4.78 is 42.5. The Morgan fingerprint density at radius 1 is 1.38 bits per heavy atom. The molecule has 0 aliphatic heterocycles. The van der Waals surface area contributed by atoms with Gasteiger partial charge in [-0.25, -0.2) is 13.1 Å². The lowest BCUT2D eigenvalue weighted by Crippen LogP contribution is -2.31. The number of sulfonamides is 1.